The number of fused-ring (bicyclic) bond motifs is 2. The van der Waals surface area contributed by atoms with E-state index in [9.17, 15) is 9.59 Å². The van der Waals surface area contributed by atoms with Crippen LogP contribution in [-0.4, -0.2) is 58.4 Å². The molecule has 6 heteroatoms. The maximum Gasteiger partial charge on any atom is 0.257 e. The van der Waals surface area contributed by atoms with E-state index in [4.69, 9.17) is 4.74 Å². The van der Waals surface area contributed by atoms with Crippen LogP contribution in [0.4, 0.5) is 0 Å². The standard InChI is InChI=1S/C27H35N3O3/c1-2-29-18-9-3-4-10-19-30(26(31)21-12-11-17-28-20-21)23-14-6-8-16-25(23)33-24-15-7-5-13-22(24)27(29)32/h5,7,11-13,15,17,20,23,25H,2-4,6,8-10,14,16,18-19H2,1H3/t23-,25+/m1/s1. The van der Waals surface area contributed by atoms with Crippen LogP contribution in [-0.2, 0) is 0 Å². The Morgan fingerprint density at radius 3 is 2.58 bits per heavy atom. The van der Waals surface area contributed by atoms with Crippen LogP contribution in [0.15, 0.2) is 48.8 Å². The molecular weight excluding hydrogens is 414 g/mol. The maximum atomic E-state index is 13.5. The minimum Gasteiger partial charge on any atom is -0.487 e. The molecule has 2 heterocycles. The quantitative estimate of drug-likeness (QED) is 0.651. The summed E-state index contributed by atoms with van der Waals surface area (Å²) in [6.07, 6.45) is 11.1. The number of aromatic nitrogens is 1. The van der Waals surface area contributed by atoms with Crippen LogP contribution in [0.5, 0.6) is 5.75 Å². The fraction of sp³-hybridized carbons (Fsp3) is 0.519. The number of carbonyl (C=O) groups excluding carboxylic acids is 2. The molecule has 1 fully saturated rings. The smallest absolute Gasteiger partial charge is 0.257 e. The van der Waals surface area contributed by atoms with Crippen LogP contribution in [0.2, 0.25) is 0 Å². The lowest BCUT2D eigenvalue weighted by Crippen LogP contribution is -2.51. The van der Waals surface area contributed by atoms with Crippen molar-refractivity contribution in [2.75, 3.05) is 19.6 Å². The van der Waals surface area contributed by atoms with Crippen molar-refractivity contribution in [2.45, 2.75) is 70.4 Å². The average Bonchev–Trinajstić information content (AvgIpc) is 2.86. The van der Waals surface area contributed by atoms with E-state index in [1.807, 2.05) is 53.1 Å². The van der Waals surface area contributed by atoms with Crippen LogP contribution in [0.25, 0.3) is 0 Å². The average molecular weight is 450 g/mol. The first kappa shape index (κ1) is 23.3. The first-order chi connectivity index (χ1) is 16.2. The second kappa shape index (κ2) is 11.3. The molecule has 1 aliphatic carbocycles. The third-order valence-corrected chi connectivity index (χ3v) is 6.88. The van der Waals surface area contributed by atoms with E-state index in [-0.39, 0.29) is 24.0 Å². The third kappa shape index (κ3) is 5.55. The van der Waals surface area contributed by atoms with Crippen molar-refractivity contribution in [3.63, 3.8) is 0 Å². The molecule has 1 aromatic carbocycles. The first-order valence-corrected chi connectivity index (χ1v) is 12.4. The number of benzene rings is 1. The number of nitrogens with zero attached hydrogens (tertiary/aromatic N) is 3. The van der Waals surface area contributed by atoms with E-state index in [1.165, 1.54) is 0 Å². The molecule has 2 atom stereocenters. The summed E-state index contributed by atoms with van der Waals surface area (Å²) in [5, 5.41) is 0. The molecule has 0 spiro atoms. The van der Waals surface area contributed by atoms with Gasteiger partial charge in [-0.15, -0.1) is 0 Å². The van der Waals surface area contributed by atoms with Gasteiger partial charge in [0.1, 0.15) is 11.9 Å². The van der Waals surface area contributed by atoms with E-state index in [1.54, 1.807) is 12.4 Å². The van der Waals surface area contributed by atoms with Gasteiger partial charge >= 0.3 is 0 Å². The zero-order chi connectivity index (χ0) is 23.0. The molecule has 176 valence electrons. The zero-order valence-corrected chi connectivity index (χ0v) is 19.6. The van der Waals surface area contributed by atoms with Gasteiger partial charge in [-0.2, -0.15) is 0 Å². The summed E-state index contributed by atoms with van der Waals surface area (Å²) in [4.78, 5) is 35.0. The molecule has 4 rings (SSSR count). The van der Waals surface area contributed by atoms with Crippen molar-refractivity contribution in [2.24, 2.45) is 0 Å². The lowest BCUT2D eigenvalue weighted by atomic mass is 9.90. The van der Waals surface area contributed by atoms with Gasteiger partial charge in [0.05, 0.1) is 17.2 Å². The van der Waals surface area contributed by atoms with Crippen molar-refractivity contribution in [1.29, 1.82) is 0 Å². The third-order valence-electron chi connectivity index (χ3n) is 6.88. The predicted molar refractivity (Wildman–Crippen MR) is 128 cm³/mol. The predicted octanol–water partition coefficient (Wildman–Crippen LogP) is 4.95. The summed E-state index contributed by atoms with van der Waals surface area (Å²) in [6.45, 7) is 4.18. The van der Waals surface area contributed by atoms with Crippen LogP contribution in [0.3, 0.4) is 0 Å². The molecule has 1 aromatic heterocycles. The highest BCUT2D eigenvalue weighted by Crippen LogP contribution is 2.31. The van der Waals surface area contributed by atoms with Gasteiger partial charge in [-0.1, -0.05) is 31.4 Å². The number of pyridine rings is 1. The summed E-state index contributed by atoms with van der Waals surface area (Å²) in [5.41, 5.74) is 1.24. The Kier molecular flexibility index (Phi) is 7.97. The van der Waals surface area contributed by atoms with Gasteiger partial charge < -0.3 is 14.5 Å². The number of ether oxygens (including phenoxy) is 1. The highest BCUT2D eigenvalue weighted by Gasteiger charge is 2.35. The van der Waals surface area contributed by atoms with E-state index >= 15 is 0 Å². The topological polar surface area (TPSA) is 62.7 Å². The molecule has 2 aromatic rings. The normalized spacial score (nSPS) is 22.5. The summed E-state index contributed by atoms with van der Waals surface area (Å²) < 4.78 is 6.57. The first-order valence-electron chi connectivity index (χ1n) is 12.4. The monoisotopic (exact) mass is 449 g/mol. The number of hydrogen-bond acceptors (Lipinski definition) is 4. The van der Waals surface area contributed by atoms with Gasteiger partial charge in [-0.3, -0.25) is 14.6 Å². The molecule has 0 saturated heterocycles. The van der Waals surface area contributed by atoms with Gasteiger partial charge in [-0.25, -0.2) is 0 Å². The van der Waals surface area contributed by atoms with Gasteiger partial charge in [0, 0.05) is 32.0 Å². The summed E-state index contributed by atoms with van der Waals surface area (Å²) in [5.74, 6) is 0.682. The molecular formula is C27H35N3O3. The Bertz CT molecular complexity index is 933. The van der Waals surface area contributed by atoms with Crippen molar-refractivity contribution in [1.82, 2.24) is 14.8 Å². The molecule has 2 aliphatic rings. The fourth-order valence-corrected chi connectivity index (χ4v) is 5.07. The van der Waals surface area contributed by atoms with Crippen LogP contribution in [0, 0.1) is 0 Å². The number of hydrogen-bond donors (Lipinski definition) is 0. The SMILES string of the molecule is CCN1CCCCCCN(C(=O)c2cccnc2)[C@@H]2CCCC[C@@H]2Oc2ccccc2C1=O. The summed E-state index contributed by atoms with van der Waals surface area (Å²) in [7, 11) is 0. The van der Waals surface area contributed by atoms with E-state index in [2.05, 4.69) is 4.98 Å². The lowest BCUT2D eigenvalue weighted by Gasteiger charge is -2.40. The zero-order valence-electron chi connectivity index (χ0n) is 19.6. The van der Waals surface area contributed by atoms with Crippen molar-refractivity contribution in [3.8, 4) is 5.75 Å². The van der Waals surface area contributed by atoms with E-state index in [0.29, 0.717) is 23.4 Å². The van der Waals surface area contributed by atoms with Gasteiger partial charge in [0.2, 0.25) is 0 Å². The molecule has 1 aliphatic heterocycles. The Labute approximate surface area is 196 Å². The second-order valence-corrected chi connectivity index (χ2v) is 9.04. The number of rotatable bonds is 2. The minimum atomic E-state index is -0.133. The molecule has 33 heavy (non-hydrogen) atoms. The Morgan fingerprint density at radius 2 is 1.79 bits per heavy atom. The molecule has 0 unspecified atom stereocenters. The van der Waals surface area contributed by atoms with Crippen LogP contribution < -0.4 is 4.74 Å². The molecule has 0 N–H and O–H groups in total. The van der Waals surface area contributed by atoms with Crippen molar-refractivity contribution < 1.29 is 14.3 Å². The van der Waals surface area contributed by atoms with Crippen molar-refractivity contribution >= 4 is 11.8 Å². The highest BCUT2D eigenvalue weighted by molar-refractivity contribution is 5.97. The summed E-state index contributed by atoms with van der Waals surface area (Å²) >= 11 is 0. The Morgan fingerprint density at radius 1 is 1.00 bits per heavy atom. The molecule has 2 amide bonds. The van der Waals surface area contributed by atoms with E-state index in [0.717, 1.165) is 64.5 Å². The largest absolute Gasteiger partial charge is 0.487 e. The Hall–Kier alpha value is -2.89. The van der Waals surface area contributed by atoms with E-state index < -0.39 is 0 Å². The molecule has 0 radical (unpaired) electrons. The van der Waals surface area contributed by atoms with Crippen LogP contribution in [0.1, 0.15) is 79.0 Å². The Balaban J connectivity index is 1.67. The highest BCUT2D eigenvalue weighted by atomic mass is 16.5. The van der Waals surface area contributed by atoms with Crippen LogP contribution >= 0.6 is 0 Å². The van der Waals surface area contributed by atoms with Gasteiger partial charge in [-0.05, 0) is 63.3 Å². The molecule has 0 bridgehead atoms. The number of amides is 2. The van der Waals surface area contributed by atoms with Crippen molar-refractivity contribution in [3.05, 3.63) is 59.9 Å². The van der Waals surface area contributed by atoms with Gasteiger partial charge in [0.15, 0.2) is 0 Å². The minimum absolute atomic E-state index is 0.0140. The lowest BCUT2D eigenvalue weighted by molar-refractivity contribution is 0.0266. The second-order valence-electron chi connectivity index (χ2n) is 9.04. The molecule has 6 nitrogen and oxygen atoms in total. The number of para-hydroxylation sites is 1. The number of carbonyl (C=O) groups is 2. The fourth-order valence-electron chi connectivity index (χ4n) is 5.07. The molecule has 1 saturated carbocycles. The maximum absolute atomic E-state index is 13.5. The summed E-state index contributed by atoms with van der Waals surface area (Å²) in [6, 6.07) is 11.2. The van der Waals surface area contributed by atoms with Gasteiger partial charge in [0.25, 0.3) is 11.8 Å².